The molecule has 0 bridgehead atoms. The molecule has 1 aromatic heterocycles. The number of pyridine rings is 1. The maximum atomic E-state index is 5.60. The molecule has 0 saturated heterocycles. The lowest BCUT2D eigenvalue weighted by molar-refractivity contribution is 0.130. The predicted molar refractivity (Wildman–Crippen MR) is 51.2 cm³/mol. The molecule has 0 aromatic carbocycles. The van der Waals surface area contributed by atoms with Crippen molar-refractivity contribution in [1.29, 1.82) is 0 Å². The van der Waals surface area contributed by atoms with Gasteiger partial charge in [-0.3, -0.25) is 4.98 Å². The van der Waals surface area contributed by atoms with E-state index >= 15 is 0 Å². The number of nitrogens with zero attached hydrogens (tertiary/aromatic N) is 1. The van der Waals surface area contributed by atoms with Crippen LogP contribution in [0.15, 0.2) is 18.5 Å². The van der Waals surface area contributed by atoms with Gasteiger partial charge < -0.3 is 9.47 Å². The minimum absolute atomic E-state index is 0.200. The van der Waals surface area contributed by atoms with Gasteiger partial charge in [-0.15, -0.1) is 0 Å². The summed E-state index contributed by atoms with van der Waals surface area (Å²) in [7, 11) is 1.61. The normalized spacial score (nSPS) is 11.1. The van der Waals surface area contributed by atoms with E-state index in [2.05, 4.69) is 4.98 Å². The van der Waals surface area contributed by atoms with Crippen molar-refractivity contribution in [2.45, 2.75) is 26.4 Å². The third-order valence-electron chi connectivity index (χ3n) is 1.35. The molecular weight excluding hydrogens is 166 g/mol. The van der Waals surface area contributed by atoms with E-state index < -0.39 is 0 Å². The summed E-state index contributed by atoms with van der Waals surface area (Å²) in [4.78, 5) is 3.99. The fourth-order valence-electron chi connectivity index (χ4n) is 0.920. The molecule has 3 heteroatoms. The van der Waals surface area contributed by atoms with Crippen LogP contribution in [0.1, 0.15) is 20.8 Å². The van der Waals surface area contributed by atoms with Gasteiger partial charge in [0.2, 0.25) is 0 Å². The number of hydrogen-bond donors (Lipinski definition) is 0. The molecule has 0 spiro atoms. The van der Waals surface area contributed by atoms with Crippen LogP contribution in [0, 0.1) is 0 Å². The molecule has 0 aliphatic heterocycles. The van der Waals surface area contributed by atoms with Crippen molar-refractivity contribution in [1.82, 2.24) is 4.98 Å². The molecule has 0 fully saturated rings. The van der Waals surface area contributed by atoms with Crippen LogP contribution < -0.4 is 9.47 Å². The first-order valence-corrected chi connectivity index (χ1v) is 4.19. The first-order valence-electron chi connectivity index (χ1n) is 4.19. The molecule has 0 N–H and O–H groups in total. The summed E-state index contributed by atoms with van der Waals surface area (Å²) in [5.41, 5.74) is -0.200. The van der Waals surface area contributed by atoms with Gasteiger partial charge in [-0.1, -0.05) is 0 Å². The van der Waals surface area contributed by atoms with Gasteiger partial charge in [0.1, 0.15) is 17.1 Å². The van der Waals surface area contributed by atoms with Crippen molar-refractivity contribution in [3.05, 3.63) is 18.5 Å². The van der Waals surface area contributed by atoms with Gasteiger partial charge in [0.05, 0.1) is 19.5 Å². The first kappa shape index (κ1) is 9.84. The number of methoxy groups -OCH3 is 1. The monoisotopic (exact) mass is 181 g/mol. The molecule has 0 atom stereocenters. The van der Waals surface area contributed by atoms with Crippen LogP contribution in [-0.2, 0) is 0 Å². The van der Waals surface area contributed by atoms with Gasteiger partial charge in [0, 0.05) is 6.07 Å². The molecule has 1 heterocycles. The van der Waals surface area contributed by atoms with Gasteiger partial charge in [-0.2, -0.15) is 0 Å². The van der Waals surface area contributed by atoms with Crippen molar-refractivity contribution in [3.8, 4) is 11.5 Å². The highest BCUT2D eigenvalue weighted by atomic mass is 16.5. The van der Waals surface area contributed by atoms with Gasteiger partial charge in [0.15, 0.2) is 0 Å². The Morgan fingerprint density at radius 3 is 2.31 bits per heavy atom. The quantitative estimate of drug-likeness (QED) is 0.701. The first-order chi connectivity index (χ1) is 6.01. The van der Waals surface area contributed by atoms with E-state index in [4.69, 9.17) is 9.47 Å². The minimum Gasteiger partial charge on any atom is -0.495 e. The molecule has 1 aromatic rings. The van der Waals surface area contributed by atoms with Crippen molar-refractivity contribution in [2.75, 3.05) is 7.11 Å². The van der Waals surface area contributed by atoms with Gasteiger partial charge in [0.25, 0.3) is 0 Å². The fourth-order valence-corrected chi connectivity index (χ4v) is 0.920. The van der Waals surface area contributed by atoms with Crippen LogP contribution in [0.2, 0.25) is 0 Å². The van der Waals surface area contributed by atoms with Crippen molar-refractivity contribution in [2.24, 2.45) is 0 Å². The summed E-state index contributed by atoms with van der Waals surface area (Å²) >= 11 is 0. The number of ether oxygens (including phenoxy) is 2. The van der Waals surface area contributed by atoms with Crippen LogP contribution >= 0.6 is 0 Å². The second-order valence-corrected chi connectivity index (χ2v) is 3.77. The molecule has 13 heavy (non-hydrogen) atoms. The zero-order valence-corrected chi connectivity index (χ0v) is 8.50. The summed E-state index contributed by atoms with van der Waals surface area (Å²) < 4.78 is 10.6. The lowest BCUT2D eigenvalue weighted by atomic mass is 10.2. The standard InChI is InChI=1S/C10H15NO2/c1-10(2,3)13-9-5-8(12-4)6-11-7-9/h5-7H,1-4H3. The fraction of sp³-hybridized carbons (Fsp3) is 0.500. The molecule has 0 aliphatic carbocycles. The number of hydrogen-bond acceptors (Lipinski definition) is 3. The molecule has 3 nitrogen and oxygen atoms in total. The van der Waals surface area contributed by atoms with Crippen LogP contribution in [-0.4, -0.2) is 17.7 Å². The highest BCUT2D eigenvalue weighted by molar-refractivity contribution is 5.28. The highest BCUT2D eigenvalue weighted by Crippen LogP contribution is 2.21. The van der Waals surface area contributed by atoms with E-state index in [-0.39, 0.29) is 5.60 Å². The lowest BCUT2D eigenvalue weighted by Gasteiger charge is -2.20. The van der Waals surface area contributed by atoms with Gasteiger partial charge in [-0.05, 0) is 20.8 Å². The zero-order chi connectivity index (χ0) is 9.90. The smallest absolute Gasteiger partial charge is 0.142 e. The topological polar surface area (TPSA) is 31.4 Å². The number of aromatic nitrogens is 1. The molecule has 0 aliphatic rings. The average molecular weight is 181 g/mol. The van der Waals surface area contributed by atoms with Crippen molar-refractivity contribution in [3.63, 3.8) is 0 Å². The Morgan fingerprint density at radius 1 is 1.15 bits per heavy atom. The van der Waals surface area contributed by atoms with E-state index in [0.29, 0.717) is 5.75 Å². The Bertz CT molecular complexity index is 278. The summed E-state index contributed by atoms with van der Waals surface area (Å²) in [6.07, 6.45) is 3.32. The van der Waals surface area contributed by atoms with E-state index in [1.807, 2.05) is 26.8 Å². The van der Waals surface area contributed by atoms with E-state index in [9.17, 15) is 0 Å². The second kappa shape index (κ2) is 3.64. The van der Waals surface area contributed by atoms with E-state index in [1.165, 1.54) is 0 Å². The maximum absolute atomic E-state index is 5.60. The van der Waals surface area contributed by atoms with E-state index in [1.54, 1.807) is 19.5 Å². The third kappa shape index (κ3) is 3.32. The Kier molecular flexibility index (Phi) is 2.76. The third-order valence-corrected chi connectivity index (χ3v) is 1.35. The largest absolute Gasteiger partial charge is 0.495 e. The van der Waals surface area contributed by atoms with Gasteiger partial charge >= 0.3 is 0 Å². The molecule has 1 rings (SSSR count). The Morgan fingerprint density at radius 2 is 1.77 bits per heavy atom. The van der Waals surface area contributed by atoms with Crippen molar-refractivity contribution >= 4 is 0 Å². The molecule has 0 unspecified atom stereocenters. The Hall–Kier alpha value is -1.25. The predicted octanol–water partition coefficient (Wildman–Crippen LogP) is 2.27. The Labute approximate surface area is 78.7 Å². The highest BCUT2D eigenvalue weighted by Gasteiger charge is 2.11. The summed E-state index contributed by atoms with van der Waals surface area (Å²) in [6.45, 7) is 5.98. The summed E-state index contributed by atoms with van der Waals surface area (Å²) in [5, 5.41) is 0. The molecule has 0 amide bonds. The van der Waals surface area contributed by atoms with Crippen LogP contribution in [0.4, 0.5) is 0 Å². The molecular formula is C10H15NO2. The maximum Gasteiger partial charge on any atom is 0.142 e. The molecule has 0 radical (unpaired) electrons. The number of rotatable bonds is 2. The van der Waals surface area contributed by atoms with Crippen LogP contribution in [0.5, 0.6) is 11.5 Å². The second-order valence-electron chi connectivity index (χ2n) is 3.77. The molecule has 0 saturated carbocycles. The van der Waals surface area contributed by atoms with Crippen LogP contribution in [0.3, 0.4) is 0 Å². The van der Waals surface area contributed by atoms with Crippen molar-refractivity contribution < 1.29 is 9.47 Å². The SMILES string of the molecule is COc1cncc(OC(C)(C)C)c1. The van der Waals surface area contributed by atoms with E-state index in [0.717, 1.165) is 5.75 Å². The van der Waals surface area contributed by atoms with Gasteiger partial charge in [-0.25, -0.2) is 0 Å². The average Bonchev–Trinajstić information content (AvgIpc) is 2.01. The summed E-state index contributed by atoms with van der Waals surface area (Å²) in [5.74, 6) is 1.44. The lowest BCUT2D eigenvalue weighted by Crippen LogP contribution is -2.22. The Balaban J connectivity index is 2.78. The van der Waals surface area contributed by atoms with Crippen LogP contribution in [0.25, 0.3) is 0 Å². The zero-order valence-electron chi connectivity index (χ0n) is 8.50. The summed E-state index contributed by atoms with van der Waals surface area (Å²) in [6, 6.07) is 1.82. The molecule has 72 valence electrons. The minimum atomic E-state index is -0.200.